The number of nitrogens with zero attached hydrogens (tertiary/aromatic N) is 3. The summed E-state index contributed by atoms with van der Waals surface area (Å²) in [6.07, 6.45) is 1.63. The Hall–Kier alpha value is -2.24. The first-order chi connectivity index (χ1) is 10.3. The minimum Gasteiger partial charge on any atom is -0.338 e. The van der Waals surface area contributed by atoms with E-state index in [4.69, 9.17) is 21.9 Å². The molecule has 2 N–H and O–H groups in total. The zero-order valence-corrected chi connectivity index (χ0v) is 11.9. The largest absolute Gasteiger partial charge is 0.338 e. The molecule has 0 saturated heterocycles. The highest BCUT2D eigenvalue weighted by atomic mass is 35.5. The van der Waals surface area contributed by atoms with Crippen LogP contribution in [0.1, 0.15) is 17.4 Å². The summed E-state index contributed by atoms with van der Waals surface area (Å²) in [6, 6.07) is 13.3. The van der Waals surface area contributed by atoms with Crippen LogP contribution in [0.3, 0.4) is 0 Å². The minimum absolute atomic E-state index is 0.144. The van der Waals surface area contributed by atoms with Gasteiger partial charge in [0, 0.05) is 12.7 Å². The average molecular weight is 301 g/mol. The smallest absolute Gasteiger partial charge is 0.235 e. The molecule has 1 atom stereocenters. The zero-order chi connectivity index (χ0) is 14.7. The maximum Gasteiger partial charge on any atom is 0.235 e. The lowest BCUT2D eigenvalue weighted by atomic mass is 9.99. The van der Waals surface area contributed by atoms with E-state index in [9.17, 15) is 0 Å². The lowest BCUT2D eigenvalue weighted by molar-refractivity contribution is 0.367. The Bertz CT molecular complexity index is 729. The number of nitrogens with two attached hydrogens (primary N) is 1. The third-order valence-electron chi connectivity index (χ3n) is 3.15. The highest BCUT2D eigenvalue weighted by Gasteiger charge is 2.21. The van der Waals surface area contributed by atoms with Crippen molar-refractivity contribution >= 4 is 11.6 Å². The number of halogens is 1. The van der Waals surface area contributed by atoms with Gasteiger partial charge in [-0.3, -0.25) is 4.98 Å². The maximum atomic E-state index is 6.09. The van der Waals surface area contributed by atoms with Crippen LogP contribution >= 0.6 is 11.6 Å². The van der Waals surface area contributed by atoms with Gasteiger partial charge in [0.15, 0.2) is 0 Å². The Labute approximate surface area is 126 Å². The van der Waals surface area contributed by atoms with Crippen LogP contribution in [-0.2, 0) is 0 Å². The second kappa shape index (κ2) is 6.03. The zero-order valence-electron chi connectivity index (χ0n) is 11.1. The maximum absolute atomic E-state index is 6.09. The topological polar surface area (TPSA) is 77.8 Å². The lowest BCUT2D eigenvalue weighted by Gasteiger charge is -2.09. The van der Waals surface area contributed by atoms with Gasteiger partial charge in [-0.25, -0.2) is 0 Å². The van der Waals surface area contributed by atoms with Crippen molar-refractivity contribution in [3.8, 4) is 11.5 Å². The predicted molar refractivity (Wildman–Crippen MR) is 79.9 cm³/mol. The second-order valence-electron chi connectivity index (χ2n) is 4.49. The predicted octanol–water partition coefficient (Wildman–Crippen LogP) is 2.88. The lowest BCUT2D eigenvalue weighted by Crippen LogP contribution is -2.14. The SMILES string of the molecule is NCC(c1ccccc1)c1nc(-c2ncccc2Cl)no1. The molecule has 0 radical (unpaired) electrons. The molecule has 2 heterocycles. The van der Waals surface area contributed by atoms with Gasteiger partial charge < -0.3 is 10.3 Å². The van der Waals surface area contributed by atoms with Crippen LogP contribution in [0.2, 0.25) is 5.02 Å². The fraction of sp³-hybridized carbons (Fsp3) is 0.133. The number of rotatable bonds is 4. The normalized spacial score (nSPS) is 12.3. The molecule has 106 valence electrons. The molecule has 6 heteroatoms. The highest BCUT2D eigenvalue weighted by molar-refractivity contribution is 6.32. The third kappa shape index (κ3) is 2.79. The standard InChI is InChI=1S/C15H13ClN4O/c16-12-7-4-8-18-13(12)14-19-15(21-20-14)11(9-17)10-5-2-1-3-6-10/h1-8,11H,9,17H2. The van der Waals surface area contributed by atoms with Gasteiger partial charge in [-0.05, 0) is 17.7 Å². The molecular formula is C15H13ClN4O. The fourth-order valence-electron chi connectivity index (χ4n) is 2.09. The molecule has 0 aliphatic carbocycles. The molecule has 0 fully saturated rings. The summed E-state index contributed by atoms with van der Waals surface area (Å²) in [5.74, 6) is 0.681. The van der Waals surface area contributed by atoms with Gasteiger partial charge >= 0.3 is 0 Å². The first kappa shape index (κ1) is 13.7. The Morgan fingerprint density at radius 1 is 1.14 bits per heavy atom. The van der Waals surface area contributed by atoms with E-state index in [-0.39, 0.29) is 5.92 Å². The molecule has 0 aliphatic rings. The number of hydrogen-bond donors (Lipinski definition) is 1. The van der Waals surface area contributed by atoms with Crippen molar-refractivity contribution < 1.29 is 4.52 Å². The van der Waals surface area contributed by atoms with Gasteiger partial charge in [0.2, 0.25) is 11.7 Å². The monoisotopic (exact) mass is 300 g/mol. The second-order valence-corrected chi connectivity index (χ2v) is 4.90. The van der Waals surface area contributed by atoms with E-state index in [1.54, 1.807) is 18.3 Å². The van der Waals surface area contributed by atoms with Crippen LogP contribution in [0.15, 0.2) is 53.2 Å². The third-order valence-corrected chi connectivity index (χ3v) is 3.45. The van der Waals surface area contributed by atoms with Crippen LogP contribution in [-0.4, -0.2) is 21.7 Å². The summed E-state index contributed by atoms with van der Waals surface area (Å²) in [6.45, 7) is 0.377. The Balaban J connectivity index is 1.96. The first-order valence-corrected chi connectivity index (χ1v) is 6.87. The highest BCUT2D eigenvalue weighted by Crippen LogP contribution is 2.26. The summed E-state index contributed by atoms with van der Waals surface area (Å²) >= 11 is 6.09. The van der Waals surface area contributed by atoms with Crippen LogP contribution < -0.4 is 5.73 Å². The van der Waals surface area contributed by atoms with Crippen molar-refractivity contribution in [1.82, 2.24) is 15.1 Å². The fourth-order valence-corrected chi connectivity index (χ4v) is 2.29. The van der Waals surface area contributed by atoms with Crippen molar-refractivity contribution in [1.29, 1.82) is 0 Å². The molecule has 0 spiro atoms. The van der Waals surface area contributed by atoms with Gasteiger partial charge in [-0.1, -0.05) is 47.1 Å². The average Bonchev–Trinajstić information content (AvgIpc) is 2.99. The molecule has 1 unspecified atom stereocenters. The van der Waals surface area contributed by atoms with E-state index < -0.39 is 0 Å². The summed E-state index contributed by atoms with van der Waals surface area (Å²) in [4.78, 5) is 8.56. The molecule has 2 aromatic heterocycles. The van der Waals surface area contributed by atoms with Crippen molar-refractivity contribution in [2.24, 2.45) is 5.73 Å². The number of hydrogen-bond acceptors (Lipinski definition) is 5. The summed E-state index contributed by atoms with van der Waals surface area (Å²) in [7, 11) is 0. The summed E-state index contributed by atoms with van der Waals surface area (Å²) in [5.41, 5.74) is 7.37. The molecular weight excluding hydrogens is 288 g/mol. The number of benzene rings is 1. The van der Waals surface area contributed by atoms with Crippen molar-refractivity contribution in [2.75, 3.05) is 6.54 Å². The van der Waals surface area contributed by atoms with E-state index >= 15 is 0 Å². The summed E-state index contributed by atoms with van der Waals surface area (Å²) in [5, 5.41) is 4.43. The van der Waals surface area contributed by atoms with E-state index in [1.165, 1.54) is 0 Å². The van der Waals surface area contributed by atoms with E-state index in [0.29, 0.717) is 29.0 Å². The molecule has 3 rings (SSSR count). The molecule has 0 bridgehead atoms. The Morgan fingerprint density at radius 2 is 1.95 bits per heavy atom. The van der Waals surface area contributed by atoms with Crippen LogP contribution in [0.25, 0.3) is 11.5 Å². The quantitative estimate of drug-likeness (QED) is 0.801. The molecule has 1 aromatic carbocycles. The van der Waals surface area contributed by atoms with Crippen molar-refractivity contribution in [3.05, 3.63) is 65.1 Å². The van der Waals surface area contributed by atoms with Gasteiger partial charge in [0.05, 0.1) is 10.9 Å². The van der Waals surface area contributed by atoms with Crippen molar-refractivity contribution in [2.45, 2.75) is 5.92 Å². The molecule has 3 aromatic rings. The van der Waals surface area contributed by atoms with E-state index in [2.05, 4.69) is 15.1 Å². The molecule has 5 nitrogen and oxygen atoms in total. The minimum atomic E-state index is -0.144. The van der Waals surface area contributed by atoms with Crippen LogP contribution in [0, 0.1) is 0 Å². The number of pyridine rings is 1. The molecule has 0 amide bonds. The van der Waals surface area contributed by atoms with Crippen LogP contribution in [0.4, 0.5) is 0 Å². The molecule has 0 saturated carbocycles. The number of aromatic nitrogens is 3. The van der Waals surface area contributed by atoms with E-state index in [0.717, 1.165) is 5.56 Å². The van der Waals surface area contributed by atoms with Crippen molar-refractivity contribution in [3.63, 3.8) is 0 Å². The molecule has 21 heavy (non-hydrogen) atoms. The van der Waals surface area contributed by atoms with E-state index in [1.807, 2.05) is 30.3 Å². The summed E-state index contributed by atoms with van der Waals surface area (Å²) < 4.78 is 5.34. The van der Waals surface area contributed by atoms with Gasteiger partial charge in [-0.15, -0.1) is 0 Å². The van der Waals surface area contributed by atoms with Gasteiger partial charge in [0.25, 0.3) is 0 Å². The van der Waals surface area contributed by atoms with Gasteiger partial charge in [0.1, 0.15) is 5.69 Å². The van der Waals surface area contributed by atoms with Crippen LogP contribution in [0.5, 0.6) is 0 Å². The first-order valence-electron chi connectivity index (χ1n) is 6.49. The Kier molecular flexibility index (Phi) is 3.94. The Morgan fingerprint density at radius 3 is 2.67 bits per heavy atom. The van der Waals surface area contributed by atoms with Gasteiger partial charge in [-0.2, -0.15) is 4.98 Å². The molecule has 0 aliphatic heterocycles.